The van der Waals surface area contributed by atoms with Gasteiger partial charge in [0.25, 0.3) is 5.56 Å². The Labute approximate surface area is 267 Å². The quantitative estimate of drug-likeness (QED) is 0.0845. The standard InChI is InChI=1S/C33H37N9O4/c34-20-27-8-9-32(36-21-27)42-12-11-41(23-28(42)24-46-17-16-45-15-14-44-13-10-37-40-35)22-26-5-3-4-25(18-26)19-31-29-6-1-2-7-30(29)33(43)39-38-31/h1-9,18,21,28H,10-17,19,22-24H2,(H,39,43). The molecule has 46 heavy (non-hydrogen) atoms. The van der Waals surface area contributed by atoms with Gasteiger partial charge in [0.2, 0.25) is 0 Å². The van der Waals surface area contributed by atoms with Crippen molar-refractivity contribution in [1.82, 2.24) is 20.1 Å². The number of aromatic amines is 1. The first-order valence-electron chi connectivity index (χ1n) is 15.3. The number of piperazine rings is 1. The number of hydrogen-bond acceptors (Lipinski definition) is 10. The molecule has 0 radical (unpaired) electrons. The summed E-state index contributed by atoms with van der Waals surface area (Å²) in [6.07, 6.45) is 2.22. The van der Waals surface area contributed by atoms with E-state index in [0.29, 0.717) is 63.6 Å². The van der Waals surface area contributed by atoms with Crippen molar-refractivity contribution >= 4 is 16.6 Å². The smallest absolute Gasteiger partial charge is 0.272 e. The van der Waals surface area contributed by atoms with E-state index < -0.39 is 0 Å². The van der Waals surface area contributed by atoms with Gasteiger partial charge in [0.1, 0.15) is 11.9 Å². The summed E-state index contributed by atoms with van der Waals surface area (Å²) >= 11 is 0. The Bertz CT molecular complexity index is 1720. The van der Waals surface area contributed by atoms with E-state index in [1.165, 1.54) is 5.56 Å². The fourth-order valence-corrected chi connectivity index (χ4v) is 5.53. The van der Waals surface area contributed by atoms with Crippen LogP contribution in [0.3, 0.4) is 0 Å². The first-order valence-corrected chi connectivity index (χ1v) is 15.3. The summed E-state index contributed by atoms with van der Waals surface area (Å²) in [4.78, 5) is 24.1. The van der Waals surface area contributed by atoms with Gasteiger partial charge >= 0.3 is 0 Å². The molecule has 2 aromatic carbocycles. The van der Waals surface area contributed by atoms with Crippen molar-refractivity contribution < 1.29 is 14.2 Å². The predicted octanol–water partition coefficient (Wildman–Crippen LogP) is 3.83. The number of nitrogens with zero attached hydrogens (tertiary/aromatic N) is 8. The van der Waals surface area contributed by atoms with E-state index in [2.05, 4.69) is 65.3 Å². The molecule has 0 spiro atoms. The fourth-order valence-electron chi connectivity index (χ4n) is 5.53. The second kappa shape index (κ2) is 17.0. The van der Waals surface area contributed by atoms with Gasteiger partial charge in [0, 0.05) is 55.6 Å². The van der Waals surface area contributed by atoms with Gasteiger partial charge < -0.3 is 19.1 Å². The van der Waals surface area contributed by atoms with E-state index >= 15 is 0 Å². The summed E-state index contributed by atoms with van der Waals surface area (Å²) in [5, 5.41) is 21.1. The molecule has 1 N–H and O–H groups in total. The van der Waals surface area contributed by atoms with Crippen molar-refractivity contribution in [3.05, 3.63) is 110 Å². The number of aromatic nitrogens is 3. The van der Waals surface area contributed by atoms with Crippen molar-refractivity contribution in [2.45, 2.75) is 19.0 Å². The number of anilines is 1. The second-order valence-corrected chi connectivity index (χ2v) is 10.9. The lowest BCUT2D eigenvalue weighted by atomic mass is 10.0. The Morgan fingerprint density at radius 1 is 0.978 bits per heavy atom. The van der Waals surface area contributed by atoms with Crippen LogP contribution in [0.4, 0.5) is 5.82 Å². The van der Waals surface area contributed by atoms with Gasteiger partial charge in [-0.25, -0.2) is 10.1 Å². The number of hydrogen-bond donors (Lipinski definition) is 1. The zero-order chi connectivity index (χ0) is 32.0. The van der Waals surface area contributed by atoms with Gasteiger partial charge in [-0.1, -0.05) is 47.6 Å². The van der Waals surface area contributed by atoms with Crippen molar-refractivity contribution in [2.24, 2.45) is 5.11 Å². The lowest BCUT2D eigenvalue weighted by molar-refractivity contribution is 0.00953. The molecule has 1 aliphatic rings. The molecule has 0 bridgehead atoms. The molecule has 238 valence electrons. The van der Waals surface area contributed by atoms with E-state index in [4.69, 9.17) is 19.7 Å². The molecule has 13 heteroatoms. The molecule has 2 aromatic heterocycles. The third-order valence-corrected chi connectivity index (χ3v) is 7.74. The minimum Gasteiger partial charge on any atom is -0.379 e. The summed E-state index contributed by atoms with van der Waals surface area (Å²) in [6.45, 7) is 6.09. The molecule has 1 saturated heterocycles. The molecule has 1 atom stereocenters. The lowest BCUT2D eigenvalue weighted by Crippen LogP contribution is -2.55. The van der Waals surface area contributed by atoms with Crippen LogP contribution in [0.1, 0.15) is 22.4 Å². The third kappa shape index (κ3) is 9.10. The highest BCUT2D eigenvalue weighted by atomic mass is 16.5. The Balaban J connectivity index is 1.18. The van der Waals surface area contributed by atoms with Crippen LogP contribution in [-0.4, -0.2) is 91.9 Å². The molecule has 13 nitrogen and oxygen atoms in total. The Kier molecular flexibility index (Phi) is 12.0. The number of nitrogens with one attached hydrogen (secondary N) is 1. The van der Waals surface area contributed by atoms with E-state index in [1.54, 1.807) is 12.3 Å². The van der Waals surface area contributed by atoms with Gasteiger partial charge in [0.05, 0.1) is 62.3 Å². The molecule has 0 amide bonds. The lowest BCUT2D eigenvalue weighted by Gasteiger charge is -2.42. The summed E-state index contributed by atoms with van der Waals surface area (Å²) in [5.74, 6) is 0.823. The second-order valence-electron chi connectivity index (χ2n) is 10.9. The topological polar surface area (TPSA) is 165 Å². The van der Waals surface area contributed by atoms with Crippen LogP contribution in [0.25, 0.3) is 21.2 Å². The first-order chi connectivity index (χ1) is 22.6. The number of H-pyrrole nitrogens is 1. The number of azide groups is 1. The molecule has 3 heterocycles. The predicted molar refractivity (Wildman–Crippen MR) is 173 cm³/mol. The van der Waals surface area contributed by atoms with Crippen LogP contribution in [0, 0.1) is 11.3 Å². The van der Waals surface area contributed by atoms with Crippen LogP contribution in [0.15, 0.2) is 76.8 Å². The molecule has 0 saturated carbocycles. The Hall–Kier alpha value is -4.83. The third-order valence-electron chi connectivity index (χ3n) is 7.74. The van der Waals surface area contributed by atoms with Crippen LogP contribution in [0.2, 0.25) is 0 Å². The van der Waals surface area contributed by atoms with Crippen LogP contribution in [-0.2, 0) is 27.2 Å². The molecular weight excluding hydrogens is 586 g/mol. The highest BCUT2D eigenvalue weighted by Crippen LogP contribution is 2.22. The first kappa shape index (κ1) is 32.6. The minimum absolute atomic E-state index is 0.0538. The normalized spacial score (nSPS) is 15.0. The number of benzene rings is 2. The molecular formula is C33H37N9O4. The maximum absolute atomic E-state index is 12.2. The summed E-state index contributed by atoms with van der Waals surface area (Å²) in [7, 11) is 0. The monoisotopic (exact) mass is 623 g/mol. The van der Waals surface area contributed by atoms with Crippen molar-refractivity contribution in [3.63, 3.8) is 0 Å². The molecule has 5 rings (SSSR count). The van der Waals surface area contributed by atoms with Crippen LogP contribution < -0.4 is 10.5 Å². The molecule has 4 aromatic rings. The van der Waals surface area contributed by atoms with Gasteiger partial charge in [-0.05, 0) is 34.9 Å². The SMILES string of the molecule is N#Cc1ccc(N2CCN(Cc3cccc(Cc4n[nH]c(=O)c5ccccc45)c3)CC2COCCOCCOCCN=[N+]=[N-])nc1. The average Bonchev–Trinajstić information content (AvgIpc) is 3.09. The fraction of sp³-hybridized carbons (Fsp3) is 0.394. The van der Waals surface area contributed by atoms with E-state index in [9.17, 15) is 10.1 Å². The molecule has 0 aliphatic carbocycles. The maximum atomic E-state index is 12.2. The number of ether oxygens (including phenoxy) is 3. The van der Waals surface area contributed by atoms with E-state index in [1.807, 2.05) is 30.3 Å². The van der Waals surface area contributed by atoms with Crippen molar-refractivity contribution in [3.8, 4) is 6.07 Å². The van der Waals surface area contributed by atoms with Crippen molar-refractivity contribution in [1.29, 1.82) is 5.26 Å². The van der Waals surface area contributed by atoms with E-state index in [-0.39, 0.29) is 11.6 Å². The summed E-state index contributed by atoms with van der Waals surface area (Å²) in [5.41, 5.74) is 11.8. The van der Waals surface area contributed by atoms with Crippen LogP contribution >= 0.6 is 0 Å². The van der Waals surface area contributed by atoms with E-state index in [0.717, 1.165) is 48.6 Å². The molecule has 1 unspecified atom stereocenters. The number of nitriles is 1. The van der Waals surface area contributed by atoms with Crippen molar-refractivity contribution in [2.75, 3.05) is 70.7 Å². The molecule has 1 aliphatic heterocycles. The Morgan fingerprint density at radius 3 is 2.54 bits per heavy atom. The van der Waals surface area contributed by atoms with Gasteiger partial charge in [-0.2, -0.15) is 10.4 Å². The number of rotatable bonds is 16. The number of pyridine rings is 1. The largest absolute Gasteiger partial charge is 0.379 e. The van der Waals surface area contributed by atoms with Gasteiger partial charge in [-0.15, -0.1) is 0 Å². The number of fused-ring (bicyclic) bond motifs is 1. The summed E-state index contributed by atoms with van der Waals surface area (Å²) in [6, 6.07) is 21.9. The molecule has 1 fully saturated rings. The highest BCUT2D eigenvalue weighted by molar-refractivity contribution is 5.83. The van der Waals surface area contributed by atoms with Crippen LogP contribution in [0.5, 0.6) is 0 Å². The van der Waals surface area contributed by atoms with Gasteiger partial charge in [0.15, 0.2) is 0 Å². The average molecular weight is 624 g/mol. The maximum Gasteiger partial charge on any atom is 0.272 e. The highest BCUT2D eigenvalue weighted by Gasteiger charge is 2.28. The summed E-state index contributed by atoms with van der Waals surface area (Å²) < 4.78 is 17.0. The Morgan fingerprint density at radius 2 is 1.76 bits per heavy atom. The van der Waals surface area contributed by atoms with Gasteiger partial charge in [-0.3, -0.25) is 9.69 Å². The zero-order valence-electron chi connectivity index (χ0n) is 25.6. The zero-order valence-corrected chi connectivity index (χ0v) is 25.6. The minimum atomic E-state index is -0.181.